The van der Waals surface area contributed by atoms with Crippen molar-refractivity contribution >= 4 is 17.7 Å². The number of carbonyl (C=O) groups is 3. The Morgan fingerprint density at radius 2 is 1.95 bits per heavy atom. The molecule has 9 nitrogen and oxygen atoms in total. The average Bonchev–Trinajstić information content (AvgIpc) is 3.41. The van der Waals surface area contributed by atoms with E-state index in [1.54, 1.807) is 12.1 Å². The molecule has 1 saturated carbocycles. The molecule has 228 valence electrons. The fourth-order valence-electron chi connectivity index (χ4n) is 5.54. The summed E-state index contributed by atoms with van der Waals surface area (Å²) in [6.07, 6.45) is 1.24. The van der Waals surface area contributed by atoms with Crippen molar-refractivity contribution in [2.24, 2.45) is 0 Å². The predicted molar refractivity (Wildman–Crippen MR) is 144 cm³/mol. The van der Waals surface area contributed by atoms with Crippen molar-refractivity contribution in [3.8, 4) is 11.5 Å². The maximum Gasteiger partial charge on any atom is 0.387 e. The molecule has 1 aliphatic heterocycles. The van der Waals surface area contributed by atoms with E-state index in [1.165, 1.54) is 42.1 Å². The van der Waals surface area contributed by atoms with Crippen molar-refractivity contribution in [2.75, 3.05) is 20.6 Å². The zero-order chi connectivity index (χ0) is 33.1. The number of likely N-dealkylation sites (tertiary alicyclic amines) is 1. The normalized spacial score (nSPS) is 21.7. The van der Waals surface area contributed by atoms with Gasteiger partial charge in [0.2, 0.25) is 17.7 Å². The largest absolute Gasteiger partial charge is 0.493 e. The Morgan fingerprint density at radius 1 is 1.21 bits per heavy atom. The lowest BCUT2D eigenvalue weighted by molar-refractivity contribution is -0.136. The van der Waals surface area contributed by atoms with Crippen molar-refractivity contribution in [3.63, 3.8) is 0 Å². The molecule has 1 N–H and O–H groups in total. The van der Waals surface area contributed by atoms with E-state index in [9.17, 15) is 31.9 Å². The van der Waals surface area contributed by atoms with Gasteiger partial charge in [-0.05, 0) is 43.0 Å². The summed E-state index contributed by atoms with van der Waals surface area (Å²) in [5.74, 6) is -5.51. The monoisotopic (exact) mass is 597 g/mol. The molecule has 2 atom stereocenters. The van der Waals surface area contributed by atoms with Crippen molar-refractivity contribution in [3.05, 3.63) is 53.3 Å². The second-order valence-electron chi connectivity index (χ2n) is 10.5. The van der Waals surface area contributed by atoms with Gasteiger partial charge in [-0.1, -0.05) is 12.1 Å². The average molecular weight is 598 g/mol. The number of hydrogen-bond acceptors (Lipinski definition) is 6. The predicted octanol–water partition coefficient (Wildman–Crippen LogP) is 4.36. The molecule has 1 aromatic heterocycles. The number of aromatic nitrogens is 1. The first kappa shape index (κ1) is 27.0. The van der Waals surface area contributed by atoms with Crippen LogP contribution in [0, 0.1) is 0 Å². The number of carbonyl (C=O) groups excluding carboxylic acids is 3. The standard InChI is InChI=1S/C29H34F4N4O5/c1-17(38)37-16-20(18-6-7-23(42-28(30)31)24(14-18)41-3)13-22(37)26(39)35-15-19-5-4-12-34-25(19)27(40)36(2)21-8-10-29(32,33)11-9-21/h4-7,12,14,20-22,28H,8-11,13,15-16H2,1-3H3,(H,35,39)/t20?,22-/m1/s1/i3D3. The van der Waals surface area contributed by atoms with Gasteiger partial charge in [0.15, 0.2) is 11.5 Å². The van der Waals surface area contributed by atoms with Crippen molar-refractivity contribution < 1.29 is 45.5 Å². The minimum atomic E-state index is -3.22. The van der Waals surface area contributed by atoms with Crippen LogP contribution < -0.4 is 14.8 Å². The molecule has 13 heteroatoms. The molecule has 3 amide bonds. The Kier molecular flexibility index (Phi) is 8.31. The number of benzene rings is 1. The van der Waals surface area contributed by atoms with Gasteiger partial charge in [0.05, 0.1) is 11.2 Å². The fraction of sp³-hybridized carbons (Fsp3) is 0.517. The lowest BCUT2D eigenvalue weighted by Crippen LogP contribution is -2.45. The summed E-state index contributed by atoms with van der Waals surface area (Å²) in [7, 11) is -1.41. The highest BCUT2D eigenvalue weighted by Crippen LogP contribution is 2.38. The van der Waals surface area contributed by atoms with Gasteiger partial charge >= 0.3 is 6.61 Å². The van der Waals surface area contributed by atoms with E-state index in [-0.39, 0.29) is 56.9 Å². The minimum absolute atomic E-state index is 0.0678. The Hall–Kier alpha value is -3.90. The third kappa shape index (κ3) is 7.11. The number of rotatable bonds is 9. The molecule has 2 fully saturated rings. The van der Waals surface area contributed by atoms with Crippen LogP contribution in [0.5, 0.6) is 11.5 Å². The quantitative estimate of drug-likeness (QED) is 0.431. The Bertz CT molecular complexity index is 1400. The van der Waals surface area contributed by atoms with Crippen LogP contribution in [-0.4, -0.2) is 77.8 Å². The number of nitrogens with zero attached hydrogens (tertiary/aromatic N) is 3. The molecule has 1 aromatic carbocycles. The number of amides is 3. The lowest BCUT2D eigenvalue weighted by Gasteiger charge is -2.34. The van der Waals surface area contributed by atoms with Crippen LogP contribution in [0.3, 0.4) is 0 Å². The molecule has 2 aromatic rings. The van der Waals surface area contributed by atoms with E-state index >= 15 is 0 Å². The zero-order valence-electron chi connectivity index (χ0n) is 26.1. The third-order valence-corrected chi connectivity index (χ3v) is 7.88. The first-order chi connectivity index (χ1) is 21.0. The molecule has 2 aliphatic rings. The molecule has 1 saturated heterocycles. The zero-order valence-corrected chi connectivity index (χ0v) is 23.1. The molecule has 4 rings (SSSR count). The molecule has 1 aliphatic carbocycles. The number of halogens is 4. The van der Waals surface area contributed by atoms with E-state index in [2.05, 4.69) is 15.0 Å². The highest BCUT2D eigenvalue weighted by atomic mass is 19.3. The smallest absolute Gasteiger partial charge is 0.387 e. The number of hydrogen-bond donors (Lipinski definition) is 1. The van der Waals surface area contributed by atoms with Crippen LogP contribution in [0.2, 0.25) is 0 Å². The summed E-state index contributed by atoms with van der Waals surface area (Å²) < 4.78 is 84.3. The van der Waals surface area contributed by atoms with Crippen LogP contribution >= 0.6 is 0 Å². The maximum absolute atomic E-state index is 13.6. The maximum atomic E-state index is 13.6. The summed E-state index contributed by atoms with van der Waals surface area (Å²) in [6.45, 7) is -1.95. The topological polar surface area (TPSA) is 101 Å². The van der Waals surface area contributed by atoms with Gasteiger partial charge < -0.3 is 24.6 Å². The highest BCUT2D eigenvalue weighted by molar-refractivity contribution is 5.94. The Balaban J connectivity index is 1.47. The van der Waals surface area contributed by atoms with Crippen molar-refractivity contribution in [2.45, 2.75) is 76.1 Å². The fourth-order valence-corrected chi connectivity index (χ4v) is 5.54. The summed E-state index contributed by atoms with van der Waals surface area (Å²) >= 11 is 0. The second-order valence-corrected chi connectivity index (χ2v) is 10.5. The van der Waals surface area contributed by atoms with E-state index in [1.807, 2.05) is 0 Å². The van der Waals surface area contributed by atoms with Gasteiger partial charge in [-0.25, -0.2) is 8.78 Å². The van der Waals surface area contributed by atoms with E-state index in [0.717, 1.165) is 6.07 Å². The summed E-state index contributed by atoms with van der Waals surface area (Å²) in [5.41, 5.74) is 0.910. The van der Waals surface area contributed by atoms with Gasteiger partial charge in [0.1, 0.15) is 11.7 Å². The SMILES string of the molecule is [2H]C([2H])([2H])Oc1cc(C2C[C@H](C(=O)NCc3cccnc3C(=O)N(C)C3CCC(F)(F)CC3)N(C(C)=O)C2)ccc1OC(F)F. The van der Waals surface area contributed by atoms with E-state index < -0.39 is 60.8 Å². The van der Waals surface area contributed by atoms with Crippen LogP contribution in [0.1, 0.15) is 70.7 Å². The molecule has 0 bridgehead atoms. The van der Waals surface area contributed by atoms with Gasteiger partial charge in [0, 0.05) is 63.6 Å². The number of ether oxygens (including phenoxy) is 2. The van der Waals surface area contributed by atoms with Crippen LogP contribution in [0.4, 0.5) is 17.6 Å². The highest BCUT2D eigenvalue weighted by Gasteiger charge is 2.40. The number of nitrogens with one attached hydrogen (secondary N) is 1. The minimum Gasteiger partial charge on any atom is -0.493 e. The van der Waals surface area contributed by atoms with E-state index in [0.29, 0.717) is 11.1 Å². The van der Waals surface area contributed by atoms with Gasteiger partial charge in [-0.2, -0.15) is 8.78 Å². The first-order valence-electron chi connectivity index (χ1n) is 15.0. The van der Waals surface area contributed by atoms with Gasteiger partial charge in [-0.3, -0.25) is 19.4 Å². The lowest BCUT2D eigenvalue weighted by atomic mass is 9.91. The molecule has 0 radical (unpaired) electrons. The molecular weight excluding hydrogens is 560 g/mol. The molecule has 2 heterocycles. The summed E-state index contributed by atoms with van der Waals surface area (Å²) in [4.78, 5) is 46.1. The number of methoxy groups -OCH3 is 1. The first-order valence-corrected chi connectivity index (χ1v) is 13.5. The van der Waals surface area contributed by atoms with E-state index in [4.69, 9.17) is 8.85 Å². The number of pyridine rings is 1. The third-order valence-electron chi connectivity index (χ3n) is 7.88. The summed E-state index contributed by atoms with van der Waals surface area (Å²) in [6, 6.07) is 5.72. The van der Waals surface area contributed by atoms with Crippen LogP contribution in [0.25, 0.3) is 0 Å². The molecular formula is C29H34F4N4O5. The molecule has 0 spiro atoms. The number of alkyl halides is 4. The molecule has 42 heavy (non-hydrogen) atoms. The van der Waals surface area contributed by atoms with Crippen LogP contribution in [-0.2, 0) is 16.1 Å². The summed E-state index contributed by atoms with van der Waals surface area (Å²) in [5, 5.41) is 2.75. The van der Waals surface area contributed by atoms with Gasteiger partial charge in [-0.15, -0.1) is 0 Å². The van der Waals surface area contributed by atoms with Gasteiger partial charge in [0.25, 0.3) is 5.91 Å². The second kappa shape index (κ2) is 13.0. The Morgan fingerprint density at radius 3 is 2.62 bits per heavy atom. The van der Waals surface area contributed by atoms with Crippen molar-refractivity contribution in [1.29, 1.82) is 0 Å². The Labute approximate surface area is 245 Å². The van der Waals surface area contributed by atoms with Crippen molar-refractivity contribution in [1.82, 2.24) is 20.1 Å². The molecule has 1 unspecified atom stereocenters. The van der Waals surface area contributed by atoms with Crippen LogP contribution in [0.15, 0.2) is 36.5 Å².